The van der Waals surface area contributed by atoms with Gasteiger partial charge >= 0.3 is 0 Å². The molecule has 0 spiro atoms. The standard InChI is InChI=1S/C14H15ClN4O3/c1-8-6-19(14(20)11-4-3-10(15)5-16-11)7-12(21-8)13-18-17-9(2)22-13/h3-5,8,12H,6-7H2,1-2H3/t8-,12-/m1/s1. The van der Waals surface area contributed by atoms with Gasteiger partial charge in [0.2, 0.25) is 11.8 Å². The summed E-state index contributed by atoms with van der Waals surface area (Å²) < 4.78 is 11.2. The van der Waals surface area contributed by atoms with E-state index in [1.807, 2.05) is 6.92 Å². The van der Waals surface area contributed by atoms with E-state index in [2.05, 4.69) is 15.2 Å². The second-order valence-electron chi connectivity index (χ2n) is 5.17. The van der Waals surface area contributed by atoms with Crippen molar-refractivity contribution in [2.24, 2.45) is 0 Å². The molecule has 1 fully saturated rings. The molecule has 116 valence electrons. The Bertz CT molecular complexity index is 673. The van der Waals surface area contributed by atoms with Crippen LogP contribution in [0.15, 0.2) is 22.7 Å². The number of rotatable bonds is 2. The van der Waals surface area contributed by atoms with Gasteiger partial charge in [0.1, 0.15) is 5.69 Å². The number of carbonyl (C=O) groups excluding carboxylic acids is 1. The van der Waals surface area contributed by atoms with Crippen LogP contribution in [-0.2, 0) is 4.74 Å². The number of ether oxygens (including phenoxy) is 1. The van der Waals surface area contributed by atoms with Crippen molar-refractivity contribution in [3.8, 4) is 0 Å². The highest BCUT2D eigenvalue weighted by Crippen LogP contribution is 2.25. The van der Waals surface area contributed by atoms with Crippen molar-refractivity contribution < 1.29 is 13.9 Å². The van der Waals surface area contributed by atoms with Gasteiger partial charge in [0.05, 0.1) is 17.7 Å². The lowest BCUT2D eigenvalue weighted by Crippen LogP contribution is -2.46. The molecule has 8 heteroatoms. The van der Waals surface area contributed by atoms with Crippen LogP contribution in [-0.4, -0.2) is 45.2 Å². The van der Waals surface area contributed by atoms with E-state index in [0.717, 1.165) is 0 Å². The first-order chi connectivity index (χ1) is 10.5. The SMILES string of the molecule is Cc1nnc([C@H]2CN(C(=O)c3ccc(Cl)cn3)C[C@@H](C)O2)o1. The van der Waals surface area contributed by atoms with Crippen LogP contribution in [0.25, 0.3) is 0 Å². The molecule has 2 aromatic rings. The van der Waals surface area contributed by atoms with Gasteiger partial charge in [-0.15, -0.1) is 10.2 Å². The van der Waals surface area contributed by atoms with Crippen LogP contribution in [0.3, 0.4) is 0 Å². The third-order valence-electron chi connectivity index (χ3n) is 3.31. The average Bonchev–Trinajstić information content (AvgIpc) is 2.93. The van der Waals surface area contributed by atoms with E-state index in [1.165, 1.54) is 6.20 Å². The monoisotopic (exact) mass is 322 g/mol. The molecule has 1 amide bonds. The van der Waals surface area contributed by atoms with Crippen molar-refractivity contribution in [3.05, 3.63) is 40.8 Å². The van der Waals surface area contributed by atoms with Gasteiger partial charge < -0.3 is 14.1 Å². The Balaban J connectivity index is 1.78. The molecule has 1 saturated heterocycles. The molecule has 0 radical (unpaired) electrons. The van der Waals surface area contributed by atoms with Gasteiger partial charge in [-0.05, 0) is 19.1 Å². The van der Waals surface area contributed by atoms with Crippen LogP contribution in [0.1, 0.15) is 35.3 Å². The Morgan fingerprint density at radius 1 is 1.36 bits per heavy atom. The van der Waals surface area contributed by atoms with Crippen LogP contribution in [0, 0.1) is 6.92 Å². The Kier molecular flexibility index (Phi) is 4.08. The molecule has 1 aliphatic heterocycles. The lowest BCUT2D eigenvalue weighted by Gasteiger charge is -2.35. The Hall–Kier alpha value is -1.99. The third kappa shape index (κ3) is 3.10. The first-order valence-corrected chi connectivity index (χ1v) is 7.27. The van der Waals surface area contributed by atoms with E-state index in [4.69, 9.17) is 20.8 Å². The second kappa shape index (κ2) is 6.02. The number of pyridine rings is 1. The van der Waals surface area contributed by atoms with Crippen LogP contribution in [0.5, 0.6) is 0 Å². The Morgan fingerprint density at radius 3 is 2.82 bits per heavy atom. The van der Waals surface area contributed by atoms with E-state index in [0.29, 0.717) is 35.6 Å². The fraction of sp³-hybridized carbons (Fsp3) is 0.429. The predicted octanol–water partition coefficient (Wildman–Crippen LogP) is 2.03. The molecule has 7 nitrogen and oxygen atoms in total. The smallest absolute Gasteiger partial charge is 0.272 e. The largest absolute Gasteiger partial charge is 0.423 e. The lowest BCUT2D eigenvalue weighted by molar-refractivity contribution is -0.0797. The Labute approximate surface area is 132 Å². The normalized spacial score (nSPS) is 21.9. The highest BCUT2D eigenvalue weighted by molar-refractivity contribution is 6.30. The average molecular weight is 323 g/mol. The highest BCUT2D eigenvalue weighted by atomic mass is 35.5. The summed E-state index contributed by atoms with van der Waals surface area (Å²) in [5.41, 5.74) is 0.346. The lowest BCUT2D eigenvalue weighted by atomic mass is 10.2. The third-order valence-corrected chi connectivity index (χ3v) is 3.53. The van der Waals surface area contributed by atoms with Crippen molar-refractivity contribution in [1.82, 2.24) is 20.1 Å². The maximum atomic E-state index is 12.5. The summed E-state index contributed by atoms with van der Waals surface area (Å²) in [4.78, 5) is 18.3. The van der Waals surface area contributed by atoms with Crippen molar-refractivity contribution in [1.29, 1.82) is 0 Å². The quantitative estimate of drug-likeness (QED) is 0.841. The molecule has 0 aromatic carbocycles. The van der Waals surface area contributed by atoms with E-state index in [9.17, 15) is 4.79 Å². The molecule has 2 atom stereocenters. The topological polar surface area (TPSA) is 81.4 Å². The number of aryl methyl sites for hydroxylation is 1. The molecule has 0 aliphatic carbocycles. The van der Waals surface area contributed by atoms with Crippen LogP contribution >= 0.6 is 11.6 Å². The van der Waals surface area contributed by atoms with E-state index in [1.54, 1.807) is 24.0 Å². The molecular formula is C14H15ClN4O3. The van der Waals surface area contributed by atoms with E-state index in [-0.39, 0.29) is 12.0 Å². The molecule has 0 saturated carbocycles. The van der Waals surface area contributed by atoms with Crippen molar-refractivity contribution in [2.75, 3.05) is 13.1 Å². The molecule has 2 aromatic heterocycles. The molecule has 3 rings (SSSR count). The van der Waals surface area contributed by atoms with Gasteiger partial charge in [-0.1, -0.05) is 11.6 Å². The predicted molar refractivity (Wildman–Crippen MR) is 77.5 cm³/mol. The van der Waals surface area contributed by atoms with Crippen molar-refractivity contribution in [3.63, 3.8) is 0 Å². The number of nitrogens with zero attached hydrogens (tertiary/aromatic N) is 4. The van der Waals surface area contributed by atoms with Gasteiger partial charge in [-0.3, -0.25) is 4.79 Å². The molecule has 0 bridgehead atoms. The molecule has 0 unspecified atom stereocenters. The van der Waals surface area contributed by atoms with Crippen LogP contribution in [0.4, 0.5) is 0 Å². The summed E-state index contributed by atoms with van der Waals surface area (Å²) in [6.45, 7) is 4.43. The van der Waals surface area contributed by atoms with E-state index < -0.39 is 6.10 Å². The summed E-state index contributed by atoms with van der Waals surface area (Å²) in [6.07, 6.45) is 0.890. The van der Waals surface area contributed by atoms with Crippen molar-refractivity contribution >= 4 is 17.5 Å². The number of aromatic nitrogens is 3. The van der Waals surface area contributed by atoms with Gasteiger partial charge in [0.25, 0.3) is 5.91 Å². The number of carbonyl (C=O) groups is 1. The van der Waals surface area contributed by atoms with Crippen molar-refractivity contribution in [2.45, 2.75) is 26.1 Å². The van der Waals surface area contributed by atoms with Gasteiger partial charge in [-0.25, -0.2) is 4.98 Å². The zero-order chi connectivity index (χ0) is 15.7. The summed E-state index contributed by atoms with van der Waals surface area (Å²) in [6, 6.07) is 3.25. The highest BCUT2D eigenvalue weighted by Gasteiger charge is 2.33. The number of hydrogen-bond donors (Lipinski definition) is 0. The fourth-order valence-electron chi connectivity index (χ4n) is 2.36. The van der Waals surface area contributed by atoms with Gasteiger partial charge in [0, 0.05) is 19.7 Å². The summed E-state index contributed by atoms with van der Waals surface area (Å²) in [5, 5.41) is 8.26. The zero-order valence-electron chi connectivity index (χ0n) is 12.2. The number of halogens is 1. The summed E-state index contributed by atoms with van der Waals surface area (Å²) in [7, 11) is 0. The zero-order valence-corrected chi connectivity index (χ0v) is 12.9. The van der Waals surface area contributed by atoms with E-state index >= 15 is 0 Å². The number of hydrogen-bond acceptors (Lipinski definition) is 6. The molecule has 3 heterocycles. The minimum Gasteiger partial charge on any atom is -0.423 e. The van der Waals surface area contributed by atoms with Gasteiger partial charge in [0.15, 0.2) is 6.10 Å². The summed E-state index contributed by atoms with van der Waals surface area (Å²) >= 11 is 5.80. The Morgan fingerprint density at radius 2 is 2.18 bits per heavy atom. The van der Waals surface area contributed by atoms with Crippen LogP contribution < -0.4 is 0 Å². The maximum Gasteiger partial charge on any atom is 0.272 e. The maximum absolute atomic E-state index is 12.5. The van der Waals surface area contributed by atoms with Crippen LogP contribution in [0.2, 0.25) is 5.02 Å². The first kappa shape index (κ1) is 14.9. The van der Waals surface area contributed by atoms with Gasteiger partial charge in [-0.2, -0.15) is 0 Å². The molecule has 0 N–H and O–H groups in total. The second-order valence-corrected chi connectivity index (χ2v) is 5.60. The number of amides is 1. The molecule has 1 aliphatic rings. The fourth-order valence-corrected chi connectivity index (χ4v) is 2.47. The minimum absolute atomic E-state index is 0.137. The molecule has 22 heavy (non-hydrogen) atoms. The number of morpholine rings is 1. The first-order valence-electron chi connectivity index (χ1n) is 6.89. The minimum atomic E-state index is -0.429. The summed E-state index contributed by atoms with van der Waals surface area (Å²) in [5.74, 6) is 0.674. The molecular weight excluding hydrogens is 308 g/mol.